The number of aryl methyl sites for hydroxylation is 1. The van der Waals surface area contributed by atoms with Crippen molar-refractivity contribution in [2.75, 3.05) is 5.32 Å². The van der Waals surface area contributed by atoms with Crippen molar-refractivity contribution in [1.82, 2.24) is 4.98 Å². The normalized spacial score (nSPS) is 16.0. The third-order valence-electron chi connectivity index (χ3n) is 5.41. The molecule has 3 aromatic rings. The quantitative estimate of drug-likeness (QED) is 0.721. The first-order valence-electron chi connectivity index (χ1n) is 9.57. The monoisotopic (exact) mass is 368 g/mol. The summed E-state index contributed by atoms with van der Waals surface area (Å²) in [5, 5.41) is 13.5. The van der Waals surface area contributed by atoms with E-state index in [9.17, 15) is 4.79 Å². The van der Waals surface area contributed by atoms with Gasteiger partial charge in [-0.05, 0) is 72.0 Å². The van der Waals surface area contributed by atoms with Gasteiger partial charge in [0.05, 0.1) is 0 Å². The highest BCUT2D eigenvalue weighted by molar-refractivity contribution is 6.47. The van der Waals surface area contributed by atoms with Crippen LogP contribution in [-0.4, -0.2) is 22.3 Å². The van der Waals surface area contributed by atoms with E-state index in [-0.39, 0.29) is 5.91 Å². The molecule has 1 aliphatic heterocycles. The van der Waals surface area contributed by atoms with E-state index in [0.717, 1.165) is 38.9 Å². The lowest BCUT2D eigenvalue weighted by Crippen LogP contribution is -2.23. The van der Waals surface area contributed by atoms with Crippen LogP contribution in [0.5, 0.6) is 0 Å². The highest BCUT2D eigenvalue weighted by Crippen LogP contribution is 2.34. The molecule has 0 spiro atoms. The van der Waals surface area contributed by atoms with Gasteiger partial charge in [0.25, 0.3) is 5.91 Å². The first-order valence-corrected chi connectivity index (χ1v) is 9.57. The molecule has 2 heterocycles. The number of carbonyl (C=O) groups excluding carboxylic acids is 1. The van der Waals surface area contributed by atoms with Crippen LogP contribution in [0, 0.1) is 12.8 Å². The third-order valence-corrected chi connectivity index (χ3v) is 5.41. The van der Waals surface area contributed by atoms with E-state index in [1.165, 1.54) is 12.8 Å². The van der Waals surface area contributed by atoms with Crippen molar-refractivity contribution >= 4 is 33.8 Å². The second kappa shape index (κ2) is 6.68. The molecule has 0 bridgehead atoms. The summed E-state index contributed by atoms with van der Waals surface area (Å²) in [5.74, 6) is 0.374. The van der Waals surface area contributed by atoms with Crippen molar-refractivity contribution in [3.05, 3.63) is 60.4 Å². The molecular weight excluding hydrogens is 348 g/mol. The van der Waals surface area contributed by atoms with Gasteiger partial charge in [-0.1, -0.05) is 18.2 Å². The highest BCUT2D eigenvalue weighted by Gasteiger charge is 2.32. The van der Waals surface area contributed by atoms with Gasteiger partial charge in [-0.2, -0.15) is 5.10 Å². The molecule has 5 rings (SSSR count). The number of aromatic nitrogens is 1. The number of nitrogens with one attached hydrogen (secondary N) is 1. The maximum atomic E-state index is 12.6. The Bertz CT molecular complexity index is 1160. The van der Waals surface area contributed by atoms with E-state index in [0.29, 0.717) is 18.1 Å². The summed E-state index contributed by atoms with van der Waals surface area (Å²) >= 11 is 0. The summed E-state index contributed by atoms with van der Waals surface area (Å²) in [6.07, 6.45) is 6.59. The SMILES string of the molecule is Cc1ccc(NC(=O)C2=NN=C(C3CC3)C2)cc1-c1ccc2ccncc2c1. The maximum Gasteiger partial charge on any atom is 0.272 e. The standard InChI is InChI=1S/C23H20N4O/c1-14-2-7-19(25-23(28)22-12-21(26-27-22)16-4-5-16)11-20(14)17-6-3-15-8-9-24-13-18(15)10-17/h2-3,6-11,13,16H,4-5,12H2,1H3,(H,25,28). The molecule has 1 N–H and O–H groups in total. The lowest BCUT2D eigenvalue weighted by Gasteiger charge is -2.11. The maximum absolute atomic E-state index is 12.6. The van der Waals surface area contributed by atoms with Crippen molar-refractivity contribution < 1.29 is 4.79 Å². The molecule has 1 amide bonds. The van der Waals surface area contributed by atoms with E-state index in [1.807, 2.05) is 30.5 Å². The van der Waals surface area contributed by atoms with Crippen LogP contribution in [0.1, 0.15) is 24.8 Å². The largest absolute Gasteiger partial charge is 0.321 e. The van der Waals surface area contributed by atoms with Crippen molar-refractivity contribution in [2.24, 2.45) is 16.1 Å². The van der Waals surface area contributed by atoms with E-state index in [4.69, 9.17) is 0 Å². The topological polar surface area (TPSA) is 66.7 Å². The number of nitrogens with zero attached hydrogens (tertiary/aromatic N) is 3. The Morgan fingerprint density at radius 2 is 1.93 bits per heavy atom. The van der Waals surface area contributed by atoms with E-state index in [1.54, 1.807) is 6.20 Å². The molecule has 0 radical (unpaired) electrons. The second-order valence-electron chi connectivity index (χ2n) is 7.51. The number of benzene rings is 2. The lowest BCUT2D eigenvalue weighted by atomic mass is 9.98. The fourth-order valence-corrected chi connectivity index (χ4v) is 3.60. The Hall–Kier alpha value is -3.34. The third kappa shape index (κ3) is 3.20. The molecule has 1 aliphatic carbocycles. The predicted octanol–water partition coefficient (Wildman–Crippen LogP) is 4.76. The molecule has 0 saturated heterocycles. The molecule has 28 heavy (non-hydrogen) atoms. The van der Waals surface area contributed by atoms with Crippen LogP contribution in [0.4, 0.5) is 5.69 Å². The highest BCUT2D eigenvalue weighted by atomic mass is 16.2. The van der Waals surface area contributed by atoms with E-state index < -0.39 is 0 Å². The Kier molecular flexibility index (Phi) is 4.01. The summed E-state index contributed by atoms with van der Waals surface area (Å²) in [5.41, 5.74) is 5.66. The summed E-state index contributed by atoms with van der Waals surface area (Å²) in [6.45, 7) is 2.07. The summed E-state index contributed by atoms with van der Waals surface area (Å²) in [6, 6.07) is 14.3. The van der Waals surface area contributed by atoms with Crippen molar-refractivity contribution in [3.63, 3.8) is 0 Å². The molecule has 5 nitrogen and oxygen atoms in total. The van der Waals surface area contributed by atoms with Crippen molar-refractivity contribution in [1.29, 1.82) is 0 Å². The number of fused-ring (bicyclic) bond motifs is 1. The van der Waals surface area contributed by atoms with E-state index >= 15 is 0 Å². The zero-order valence-corrected chi connectivity index (χ0v) is 15.6. The number of hydrogen-bond donors (Lipinski definition) is 1. The van der Waals surface area contributed by atoms with Gasteiger partial charge in [-0.25, -0.2) is 0 Å². The molecule has 2 aliphatic rings. The molecule has 138 valence electrons. The van der Waals surface area contributed by atoms with Gasteiger partial charge in [0.1, 0.15) is 5.71 Å². The average Bonchev–Trinajstić information content (AvgIpc) is 3.45. The molecule has 2 aromatic carbocycles. The second-order valence-corrected chi connectivity index (χ2v) is 7.51. The van der Waals surface area contributed by atoms with Gasteiger partial charge < -0.3 is 5.32 Å². The van der Waals surface area contributed by atoms with Gasteiger partial charge in [0, 0.05) is 35.6 Å². The van der Waals surface area contributed by atoms with E-state index in [2.05, 4.69) is 45.6 Å². The molecule has 1 aromatic heterocycles. The van der Waals surface area contributed by atoms with Crippen molar-refractivity contribution in [3.8, 4) is 11.1 Å². The Morgan fingerprint density at radius 1 is 1.04 bits per heavy atom. The van der Waals surface area contributed by atoms with Gasteiger partial charge in [-0.15, -0.1) is 5.10 Å². The Labute approximate surface area is 163 Å². The average molecular weight is 368 g/mol. The minimum Gasteiger partial charge on any atom is -0.321 e. The molecule has 1 saturated carbocycles. The molecular formula is C23H20N4O. The van der Waals surface area contributed by atoms with Crippen LogP contribution >= 0.6 is 0 Å². The first kappa shape index (κ1) is 16.8. The van der Waals surface area contributed by atoms with Gasteiger partial charge in [-0.3, -0.25) is 9.78 Å². The Balaban J connectivity index is 1.38. The molecule has 5 heteroatoms. The van der Waals surface area contributed by atoms with Crippen LogP contribution in [-0.2, 0) is 4.79 Å². The van der Waals surface area contributed by atoms with Crippen molar-refractivity contribution in [2.45, 2.75) is 26.2 Å². The predicted molar refractivity (Wildman–Crippen MR) is 113 cm³/mol. The number of amides is 1. The smallest absolute Gasteiger partial charge is 0.272 e. The first-order chi connectivity index (χ1) is 13.7. The number of hydrogen-bond acceptors (Lipinski definition) is 4. The minimum atomic E-state index is -0.170. The van der Waals surface area contributed by atoms with Crippen LogP contribution in [0.15, 0.2) is 65.1 Å². The number of carbonyl (C=O) groups is 1. The van der Waals surface area contributed by atoms with Gasteiger partial charge >= 0.3 is 0 Å². The number of pyridine rings is 1. The number of anilines is 1. The van der Waals surface area contributed by atoms with Crippen LogP contribution in [0.2, 0.25) is 0 Å². The zero-order chi connectivity index (χ0) is 19.1. The number of rotatable bonds is 4. The molecule has 0 unspecified atom stereocenters. The fourth-order valence-electron chi connectivity index (χ4n) is 3.60. The summed E-state index contributed by atoms with van der Waals surface area (Å²) in [7, 11) is 0. The fraction of sp³-hybridized carbons (Fsp3) is 0.217. The lowest BCUT2D eigenvalue weighted by molar-refractivity contribution is -0.110. The molecule has 1 fully saturated rings. The zero-order valence-electron chi connectivity index (χ0n) is 15.6. The summed E-state index contributed by atoms with van der Waals surface area (Å²) < 4.78 is 0. The summed E-state index contributed by atoms with van der Waals surface area (Å²) in [4.78, 5) is 16.8. The minimum absolute atomic E-state index is 0.170. The van der Waals surface area contributed by atoms with Crippen LogP contribution in [0.3, 0.4) is 0 Å². The molecule has 0 atom stereocenters. The van der Waals surface area contributed by atoms with Crippen LogP contribution in [0.25, 0.3) is 21.9 Å². The van der Waals surface area contributed by atoms with Gasteiger partial charge in [0.15, 0.2) is 0 Å². The van der Waals surface area contributed by atoms with Crippen LogP contribution < -0.4 is 5.32 Å². The van der Waals surface area contributed by atoms with Gasteiger partial charge in [0.2, 0.25) is 0 Å². The Morgan fingerprint density at radius 3 is 2.79 bits per heavy atom.